The van der Waals surface area contributed by atoms with E-state index in [0.717, 1.165) is 12.1 Å². The van der Waals surface area contributed by atoms with Crippen LogP contribution >= 0.6 is 11.6 Å². The van der Waals surface area contributed by atoms with Crippen LogP contribution in [-0.4, -0.2) is 18.9 Å². The van der Waals surface area contributed by atoms with Crippen LogP contribution in [0.3, 0.4) is 0 Å². The van der Waals surface area contributed by atoms with Crippen molar-refractivity contribution in [2.45, 2.75) is 19.9 Å². The van der Waals surface area contributed by atoms with Crippen molar-refractivity contribution in [1.82, 2.24) is 5.43 Å². The summed E-state index contributed by atoms with van der Waals surface area (Å²) < 4.78 is 56.3. The number of hydrazine groups is 1. The molecule has 2 rings (SSSR count). The minimum atomic E-state index is -4.77. The third kappa shape index (κ3) is 7.46. The predicted octanol–water partition coefficient (Wildman–Crippen LogP) is 3.35. The van der Waals surface area contributed by atoms with E-state index in [1.165, 1.54) is 30.3 Å². The Balaban J connectivity index is 2.08. The fourth-order valence-electron chi connectivity index (χ4n) is 2.22. The number of rotatable bonds is 9. The van der Waals surface area contributed by atoms with Crippen LogP contribution in [0.2, 0.25) is 5.02 Å². The molecule has 31 heavy (non-hydrogen) atoms. The molecule has 0 heterocycles. The van der Waals surface area contributed by atoms with E-state index >= 15 is 0 Å². The molecule has 0 fully saturated rings. The molecule has 12 heteroatoms. The molecule has 5 N–H and O–H groups in total. The molecular weight excluding hydrogens is 443 g/mol. The standard InChI is InChI=1S/C19H19ClF3N3O5/c1-2-28-18(27)16(26-25)17(24)30-13-7-8-14(20)15(9-13)29-10-11-3-5-12(6-4-11)31-19(21,22)23/h3-9,26H,2,10,24-25H2,1H3/b17-16+. The summed E-state index contributed by atoms with van der Waals surface area (Å²) in [5, 5.41) is 0.245. The van der Waals surface area contributed by atoms with E-state index in [-0.39, 0.29) is 47.1 Å². The number of ether oxygens (including phenoxy) is 4. The summed E-state index contributed by atoms with van der Waals surface area (Å²) >= 11 is 6.10. The highest BCUT2D eigenvalue weighted by atomic mass is 35.5. The fraction of sp³-hybridized carbons (Fsp3) is 0.211. The van der Waals surface area contributed by atoms with Gasteiger partial charge >= 0.3 is 12.3 Å². The minimum absolute atomic E-state index is 0.000770. The number of nitrogens with one attached hydrogen (secondary N) is 1. The molecule has 0 amide bonds. The first-order valence-electron chi connectivity index (χ1n) is 8.71. The van der Waals surface area contributed by atoms with Crippen molar-refractivity contribution in [3.63, 3.8) is 0 Å². The van der Waals surface area contributed by atoms with E-state index in [9.17, 15) is 18.0 Å². The molecule has 0 aliphatic heterocycles. The summed E-state index contributed by atoms with van der Waals surface area (Å²) in [6.07, 6.45) is -4.77. The number of alkyl halides is 3. The van der Waals surface area contributed by atoms with Gasteiger partial charge < -0.3 is 30.1 Å². The van der Waals surface area contributed by atoms with E-state index in [2.05, 4.69) is 10.2 Å². The van der Waals surface area contributed by atoms with E-state index in [0.29, 0.717) is 5.56 Å². The van der Waals surface area contributed by atoms with Gasteiger partial charge in [0.2, 0.25) is 5.88 Å². The lowest BCUT2D eigenvalue weighted by atomic mass is 10.2. The van der Waals surface area contributed by atoms with Crippen LogP contribution in [0.5, 0.6) is 17.2 Å². The number of benzene rings is 2. The zero-order chi connectivity index (χ0) is 23.0. The molecule has 0 unspecified atom stereocenters. The predicted molar refractivity (Wildman–Crippen MR) is 105 cm³/mol. The summed E-state index contributed by atoms with van der Waals surface area (Å²) in [6, 6.07) is 9.51. The quantitative estimate of drug-likeness (QED) is 0.171. The van der Waals surface area contributed by atoms with Crippen molar-refractivity contribution in [2.75, 3.05) is 6.61 Å². The molecule has 0 radical (unpaired) electrons. The van der Waals surface area contributed by atoms with Crippen LogP contribution in [0.1, 0.15) is 12.5 Å². The maximum atomic E-state index is 12.2. The van der Waals surface area contributed by atoms with Crippen LogP contribution in [0, 0.1) is 0 Å². The van der Waals surface area contributed by atoms with E-state index < -0.39 is 12.3 Å². The number of nitrogens with two attached hydrogens (primary N) is 2. The number of carbonyl (C=O) groups is 1. The molecule has 0 atom stereocenters. The first kappa shape index (κ1) is 24.0. The maximum absolute atomic E-state index is 12.2. The molecule has 0 spiro atoms. The van der Waals surface area contributed by atoms with Crippen molar-refractivity contribution in [3.8, 4) is 17.2 Å². The van der Waals surface area contributed by atoms with Gasteiger partial charge in [-0.3, -0.25) is 5.84 Å². The van der Waals surface area contributed by atoms with Gasteiger partial charge in [-0.2, -0.15) is 0 Å². The van der Waals surface area contributed by atoms with E-state index in [4.69, 9.17) is 37.4 Å². The Hall–Kier alpha value is -3.31. The van der Waals surface area contributed by atoms with Gasteiger partial charge in [0.05, 0.1) is 11.6 Å². The Bertz CT molecular complexity index is 936. The molecule has 168 valence electrons. The third-order valence-corrected chi connectivity index (χ3v) is 3.86. The van der Waals surface area contributed by atoms with Crippen molar-refractivity contribution >= 4 is 17.6 Å². The van der Waals surface area contributed by atoms with Gasteiger partial charge in [-0.15, -0.1) is 13.2 Å². The molecule has 8 nitrogen and oxygen atoms in total. The third-order valence-electron chi connectivity index (χ3n) is 3.55. The van der Waals surface area contributed by atoms with Crippen molar-refractivity contribution < 1.29 is 36.9 Å². The van der Waals surface area contributed by atoms with Gasteiger partial charge in [0.25, 0.3) is 0 Å². The Morgan fingerprint density at radius 1 is 1.13 bits per heavy atom. The van der Waals surface area contributed by atoms with Crippen LogP contribution in [0.15, 0.2) is 54.0 Å². The van der Waals surface area contributed by atoms with Gasteiger partial charge in [0.1, 0.15) is 23.9 Å². The zero-order valence-electron chi connectivity index (χ0n) is 16.2. The average Bonchev–Trinajstić information content (AvgIpc) is 2.69. The smallest absolute Gasteiger partial charge is 0.487 e. The summed E-state index contributed by atoms with van der Waals surface area (Å²) in [4.78, 5) is 11.8. The summed E-state index contributed by atoms with van der Waals surface area (Å²) in [5.41, 5.74) is 8.15. The first-order chi connectivity index (χ1) is 14.6. The van der Waals surface area contributed by atoms with Crippen molar-refractivity contribution in [1.29, 1.82) is 0 Å². The number of esters is 1. The fourth-order valence-corrected chi connectivity index (χ4v) is 2.39. The topological polar surface area (TPSA) is 118 Å². The van der Waals surface area contributed by atoms with Crippen molar-refractivity contribution in [2.24, 2.45) is 11.6 Å². The first-order valence-corrected chi connectivity index (χ1v) is 9.09. The highest BCUT2D eigenvalue weighted by Gasteiger charge is 2.30. The number of halogens is 4. The second kappa shape index (κ2) is 10.6. The second-order valence-corrected chi connectivity index (χ2v) is 6.19. The second-order valence-electron chi connectivity index (χ2n) is 5.78. The normalized spacial score (nSPS) is 11.9. The summed E-state index contributed by atoms with van der Waals surface area (Å²) in [5.74, 6) is 4.19. The lowest BCUT2D eigenvalue weighted by Crippen LogP contribution is -2.32. The minimum Gasteiger partial charge on any atom is -0.487 e. The lowest BCUT2D eigenvalue weighted by molar-refractivity contribution is -0.274. The van der Waals surface area contributed by atoms with Gasteiger partial charge in [-0.1, -0.05) is 23.7 Å². The van der Waals surface area contributed by atoms with Crippen LogP contribution in [-0.2, 0) is 16.1 Å². The Kier molecular flexibility index (Phi) is 8.22. The largest absolute Gasteiger partial charge is 0.573 e. The average molecular weight is 462 g/mol. The van der Waals surface area contributed by atoms with Gasteiger partial charge in [-0.05, 0) is 36.8 Å². The zero-order valence-corrected chi connectivity index (χ0v) is 16.9. The van der Waals surface area contributed by atoms with Gasteiger partial charge in [0, 0.05) is 6.07 Å². The molecule has 0 aliphatic carbocycles. The SMILES string of the molecule is CCOC(=O)/C(NN)=C(/N)Oc1ccc(Cl)c(OCc2ccc(OC(F)(F)F)cc2)c1. The van der Waals surface area contributed by atoms with Gasteiger partial charge in [0.15, 0.2) is 5.70 Å². The highest BCUT2D eigenvalue weighted by molar-refractivity contribution is 6.32. The van der Waals surface area contributed by atoms with E-state index in [1.54, 1.807) is 6.92 Å². The molecule has 0 aromatic heterocycles. The molecule has 0 saturated carbocycles. The Morgan fingerprint density at radius 2 is 1.77 bits per heavy atom. The summed E-state index contributed by atoms with van der Waals surface area (Å²) in [7, 11) is 0. The molecule has 2 aromatic rings. The lowest BCUT2D eigenvalue weighted by Gasteiger charge is -2.13. The molecule has 0 aliphatic rings. The Labute approximate surface area is 180 Å². The molecule has 0 bridgehead atoms. The number of carbonyl (C=O) groups excluding carboxylic acids is 1. The highest BCUT2D eigenvalue weighted by Crippen LogP contribution is 2.31. The van der Waals surface area contributed by atoms with Crippen LogP contribution in [0.25, 0.3) is 0 Å². The van der Waals surface area contributed by atoms with Gasteiger partial charge in [-0.25, -0.2) is 4.79 Å². The van der Waals surface area contributed by atoms with Crippen LogP contribution < -0.4 is 31.2 Å². The summed E-state index contributed by atoms with van der Waals surface area (Å²) in [6.45, 7) is 1.72. The van der Waals surface area contributed by atoms with E-state index in [1.807, 2.05) is 0 Å². The maximum Gasteiger partial charge on any atom is 0.573 e. The molecular formula is C19H19ClF3N3O5. The Morgan fingerprint density at radius 3 is 2.35 bits per heavy atom. The molecule has 2 aromatic carbocycles. The number of hydrogen-bond donors (Lipinski definition) is 3. The van der Waals surface area contributed by atoms with Crippen LogP contribution in [0.4, 0.5) is 13.2 Å². The molecule has 0 saturated heterocycles. The van der Waals surface area contributed by atoms with Crippen molar-refractivity contribution in [3.05, 3.63) is 64.6 Å². The monoisotopic (exact) mass is 461 g/mol. The number of hydrogen-bond acceptors (Lipinski definition) is 8.